The first-order chi connectivity index (χ1) is 29.5. The zero-order chi connectivity index (χ0) is 45.2. The molecule has 0 spiro atoms. The quantitative estimate of drug-likeness (QED) is 0.115. The van der Waals surface area contributed by atoms with Crippen LogP contribution in [0, 0.1) is 27.7 Å². The van der Waals surface area contributed by atoms with Gasteiger partial charge in [0.25, 0.3) is 0 Å². The van der Waals surface area contributed by atoms with E-state index in [4.69, 9.17) is 17.0 Å². The van der Waals surface area contributed by atoms with Crippen molar-refractivity contribution < 1.29 is 20.8 Å². The molecule has 8 aromatic carbocycles. The van der Waals surface area contributed by atoms with Crippen LogP contribution in [0.25, 0.3) is 43.8 Å². The van der Waals surface area contributed by atoms with Crippen LogP contribution in [0.2, 0.25) is 13.1 Å². The third-order valence-corrected chi connectivity index (χ3v) is 11.8. The van der Waals surface area contributed by atoms with E-state index >= 15 is 0 Å². The first-order valence-corrected chi connectivity index (χ1v) is 30.1. The van der Waals surface area contributed by atoms with Crippen molar-refractivity contribution in [3.63, 3.8) is 0 Å². The van der Waals surface area contributed by atoms with Gasteiger partial charge in [0.15, 0.2) is 0 Å². The van der Waals surface area contributed by atoms with Gasteiger partial charge in [-0.05, 0) is 107 Å². The van der Waals surface area contributed by atoms with Gasteiger partial charge in [0.05, 0.1) is 0 Å². The Morgan fingerprint density at radius 1 is 0.468 bits per heavy atom. The third-order valence-electron chi connectivity index (χ3n) is 11.8. The van der Waals surface area contributed by atoms with Crippen LogP contribution < -0.4 is 0 Å². The Morgan fingerprint density at radius 3 is 1.05 bits per heavy atom. The number of hydrogen-bond donors (Lipinski definition) is 0. The Balaban J connectivity index is 0.000000208. The fraction of sp³-hybridized carbons (Fsp3) is 0.276. The average Bonchev–Trinajstić information content (AvgIpc) is 3.85. The molecule has 0 bridgehead atoms. The molecular weight excluding hydrogens is 887 g/mol. The summed E-state index contributed by atoms with van der Waals surface area (Å²) in [7, 11) is 11.0. The van der Waals surface area contributed by atoms with E-state index in [1.165, 1.54) is 99.4 Å². The normalized spacial score (nSPS) is 11.2. The van der Waals surface area contributed by atoms with E-state index in [0.717, 1.165) is 22.4 Å². The number of halogens is 2. The summed E-state index contributed by atoms with van der Waals surface area (Å²) < 4.78 is 0. The van der Waals surface area contributed by atoms with E-state index in [0.29, 0.717) is 0 Å². The first-order valence-electron chi connectivity index (χ1n) is 21.7. The molecule has 8 rings (SSSR count). The SMILES string of the molecule is C[Si]C.Cc1cccc(C)c1Cc1cc2c(-c3ccc(C(C)(C)C)cc3)cccc2[cH-]1.Cc1cccc(C)c1Cc1cc2c(-c3ccc(C(C)(C)C)cc3)cccc2[cH-]1.[Cl][Zr+2][Cl]. The Labute approximate surface area is 395 Å². The standard InChI is InChI=1S/2C28H29.C2H6Si.2ClH.Zr/c2*1-19-8-6-9-20(2)26(19)17-21-16-23-10-7-11-25(27(23)18-21)22-12-14-24(15-13-22)28(3,4)5;1-3-2;;;/h2*6-16,18H,17H2,1-5H3;1-2H3;2*1H;/q2*-1;;;;+4/p-2. The molecule has 318 valence electrons. The number of hydrogen-bond acceptors (Lipinski definition) is 0. The first kappa shape index (κ1) is 49.2. The van der Waals surface area contributed by atoms with Crippen molar-refractivity contribution in [3.8, 4) is 22.3 Å². The molecule has 0 aliphatic carbocycles. The van der Waals surface area contributed by atoms with Crippen molar-refractivity contribution in [1.29, 1.82) is 0 Å². The van der Waals surface area contributed by atoms with Crippen molar-refractivity contribution in [1.82, 2.24) is 0 Å². The molecule has 8 aromatic rings. The minimum atomic E-state index is -0.826. The predicted molar refractivity (Wildman–Crippen MR) is 274 cm³/mol. The topological polar surface area (TPSA) is 0 Å². The minimum absolute atomic E-state index is 0.184. The van der Waals surface area contributed by atoms with Gasteiger partial charge in [-0.2, -0.15) is 12.1 Å². The molecule has 0 unspecified atom stereocenters. The molecule has 0 heterocycles. The molecule has 0 aliphatic rings. The second-order valence-corrected chi connectivity index (χ2v) is 23.4. The summed E-state index contributed by atoms with van der Waals surface area (Å²) in [6.07, 6.45) is 1.99. The summed E-state index contributed by atoms with van der Waals surface area (Å²) in [6.45, 7) is 26.7. The van der Waals surface area contributed by atoms with Gasteiger partial charge in [-0.3, -0.25) is 0 Å². The van der Waals surface area contributed by atoms with E-state index in [1.807, 2.05) is 0 Å². The summed E-state index contributed by atoms with van der Waals surface area (Å²) in [5, 5.41) is 5.37. The van der Waals surface area contributed by atoms with E-state index in [9.17, 15) is 0 Å². The second-order valence-electron chi connectivity index (χ2n) is 18.7. The zero-order valence-electron chi connectivity index (χ0n) is 39.0. The number of rotatable bonds is 6. The molecule has 2 radical (unpaired) electrons. The molecule has 0 saturated heterocycles. The predicted octanol–water partition coefficient (Wildman–Crippen LogP) is 17.6. The van der Waals surface area contributed by atoms with Gasteiger partial charge in [0.2, 0.25) is 0 Å². The number of fused-ring (bicyclic) bond motifs is 2. The van der Waals surface area contributed by atoms with E-state index in [1.54, 1.807) is 0 Å². The van der Waals surface area contributed by atoms with Crippen molar-refractivity contribution in [3.05, 3.63) is 201 Å². The fourth-order valence-electron chi connectivity index (χ4n) is 8.26. The van der Waals surface area contributed by atoms with Crippen LogP contribution >= 0.6 is 17.0 Å². The van der Waals surface area contributed by atoms with E-state index < -0.39 is 20.8 Å². The summed E-state index contributed by atoms with van der Waals surface area (Å²) in [4.78, 5) is 0. The van der Waals surface area contributed by atoms with Gasteiger partial charge in [-0.25, -0.2) is 0 Å². The van der Waals surface area contributed by atoms with Crippen LogP contribution in [-0.4, -0.2) is 9.52 Å². The van der Waals surface area contributed by atoms with Crippen LogP contribution in [0.3, 0.4) is 0 Å². The van der Waals surface area contributed by atoms with Gasteiger partial charge >= 0.3 is 37.9 Å². The summed E-state index contributed by atoms with van der Waals surface area (Å²) in [5.41, 5.74) is 19.6. The van der Waals surface area contributed by atoms with Crippen LogP contribution in [0.15, 0.2) is 146 Å². The molecule has 0 aromatic heterocycles. The van der Waals surface area contributed by atoms with Crippen molar-refractivity contribution in [2.24, 2.45) is 0 Å². The molecule has 62 heavy (non-hydrogen) atoms. The molecule has 0 aliphatic heterocycles. The van der Waals surface area contributed by atoms with Crippen LogP contribution in [0.5, 0.6) is 0 Å². The van der Waals surface area contributed by atoms with Gasteiger partial charge < -0.3 is 0 Å². The van der Waals surface area contributed by atoms with Crippen molar-refractivity contribution in [2.45, 2.75) is 106 Å². The summed E-state index contributed by atoms with van der Waals surface area (Å²) in [5.74, 6) is 0. The molecule has 0 amide bonds. The molecule has 0 N–H and O–H groups in total. The molecule has 0 atom stereocenters. The van der Waals surface area contributed by atoms with Gasteiger partial charge in [-0.15, -0.1) is 69.1 Å². The second kappa shape index (κ2) is 22.2. The summed E-state index contributed by atoms with van der Waals surface area (Å²) >= 11 is -0.826. The van der Waals surface area contributed by atoms with E-state index in [2.05, 4.69) is 228 Å². The number of benzene rings is 6. The van der Waals surface area contributed by atoms with Gasteiger partial charge in [0, 0.05) is 9.52 Å². The van der Waals surface area contributed by atoms with Crippen molar-refractivity contribution >= 4 is 48.1 Å². The van der Waals surface area contributed by atoms with Crippen molar-refractivity contribution in [2.75, 3.05) is 0 Å². The Hall–Kier alpha value is -3.78. The molecule has 4 heteroatoms. The maximum atomic E-state index is 4.93. The average molecular weight is 951 g/mol. The monoisotopic (exact) mass is 948 g/mol. The Bertz CT molecular complexity index is 2440. The molecule has 0 nitrogen and oxygen atoms in total. The molecular formula is C58H64Cl2SiZr. The number of aryl methyl sites for hydroxylation is 4. The van der Waals surface area contributed by atoms with Gasteiger partial charge in [-0.1, -0.05) is 163 Å². The molecule has 0 saturated carbocycles. The summed E-state index contributed by atoms with van der Waals surface area (Å²) in [6, 6.07) is 54.1. The van der Waals surface area contributed by atoms with E-state index in [-0.39, 0.29) is 10.8 Å². The Morgan fingerprint density at radius 2 is 0.758 bits per heavy atom. The third kappa shape index (κ3) is 12.7. The van der Waals surface area contributed by atoms with Gasteiger partial charge in [0.1, 0.15) is 0 Å². The van der Waals surface area contributed by atoms with Crippen LogP contribution in [0.1, 0.15) is 97.2 Å². The fourth-order valence-corrected chi connectivity index (χ4v) is 8.26. The Kier molecular flexibility index (Phi) is 17.6. The van der Waals surface area contributed by atoms with Crippen LogP contribution in [0.4, 0.5) is 0 Å². The molecule has 0 fully saturated rings. The zero-order valence-corrected chi connectivity index (χ0v) is 44.0. The maximum absolute atomic E-state index is 4.93. The van der Waals surface area contributed by atoms with Crippen LogP contribution in [-0.2, 0) is 44.5 Å².